The fourth-order valence-corrected chi connectivity index (χ4v) is 2.29. The van der Waals surface area contributed by atoms with Gasteiger partial charge in [0.15, 0.2) is 11.3 Å². The van der Waals surface area contributed by atoms with Gasteiger partial charge in [-0.1, -0.05) is 18.2 Å². The number of benzene rings is 1. The maximum Gasteiger partial charge on any atom is 0.283 e. The highest BCUT2D eigenvalue weighted by molar-refractivity contribution is 7.90. The molecule has 19 heavy (non-hydrogen) atoms. The van der Waals surface area contributed by atoms with Gasteiger partial charge in [-0.05, 0) is 17.7 Å². The predicted octanol–water partition coefficient (Wildman–Crippen LogP) is 1.68. The molecule has 0 saturated carbocycles. The van der Waals surface area contributed by atoms with Gasteiger partial charge in [-0.15, -0.1) is 0 Å². The summed E-state index contributed by atoms with van der Waals surface area (Å²) in [6.07, 6.45) is 1.53. The number of azide groups is 1. The quantitative estimate of drug-likeness (QED) is 0.365. The van der Waals surface area contributed by atoms with Crippen LogP contribution in [0.3, 0.4) is 0 Å². The van der Waals surface area contributed by atoms with Crippen molar-refractivity contribution in [2.75, 3.05) is 0 Å². The molecule has 9 heteroatoms. The van der Waals surface area contributed by atoms with Crippen LogP contribution < -0.4 is 0 Å². The lowest BCUT2D eigenvalue weighted by Crippen LogP contribution is -2.04. The van der Waals surface area contributed by atoms with Crippen LogP contribution in [-0.4, -0.2) is 24.3 Å². The van der Waals surface area contributed by atoms with E-state index in [4.69, 9.17) is 5.53 Å². The third-order valence-electron chi connectivity index (χ3n) is 2.30. The summed E-state index contributed by atoms with van der Waals surface area (Å²) in [5.74, 6) is 0. The Morgan fingerprint density at radius 3 is 2.58 bits per heavy atom. The van der Waals surface area contributed by atoms with Crippen LogP contribution in [0.5, 0.6) is 0 Å². The monoisotopic (exact) mass is 277 g/mol. The molecule has 96 valence electrons. The van der Waals surface area contributed by atoms with E-state index in [9.17, 15) is 13.2 Å². The summed E-state index contributed by atoms with van der Waals surface area (Å²) in [6, 6.07) is 8.59. The van der Waals surface area contributed by atoms with Gasteiger partial charge in [0.25, 0.3) is 10.0 Å². The van der Waals surface area contributed by atoms with E-state index in [1.165, 1.54) is 10.9 Å². The number of hydrogen-bond acceptors (Lipinski definition) is 4. The third-order valence-corrected chi connectivity index (χ3v) is 3.39. The minimum atomic E-state index is -4.30. The molecule has 0 unspecified atom stereocenters. The summed E-state index contributed by atoms with van der Waals surface area (Å²) in [6.45, 7) is 0. The summed E-state index contributed by atoms with van der Waals surface area (Å²) in [7, 11) is -4.30. The van der Waals surface area contributed by atoms with Gasteiger partial charge in [-0.2, -0.15) is 0 Å². The summed E-state index contributed by atoms with van der Waals surface area (Å²) in [5, 5.41) is -0.566. The molecule has 0 aliphatic heterocycles. The van der Waals surface area contributed by atoms with Crippen molar-refractivity contribution in [1.29, 1.82) is 0 Å². The van der Waals surface area contributed by atoms with Crippen molar-refractivity contribution in [3.63, 3.8) is 0 Å². The van der Waals surface area contributed by atoms with Crippen molar-refractivity contribution in [2.24, 2.45) is 4.52 Å². The molecule has 2 aromatic rings. The highest BCUT2D eigenvalue weighted by atomic mass is 32.2. The third kappa shape index (κ3) is 2.32. The largest absolute Gasteiger partial charge is 0.296 e. The predicted molar refractivity (Wildman–Crippen MR) is 65.3 cm³/mol. The molecule has 1 aromatic heterocycles. The fourth-order valence-electron chi connectivity index (χ4n) is 1.53. The van der Waals surface area contributed by atoms with Gasteiger partial charge in [-0.25, -0.2) is 13.4 Å². The molecular formula is C10H7N5O3S. The van der Waals surface area contributed by atoms with E-state index < -0.39 is 15.0 Å². The van der Waals surface area contributed by atoms with E-state index >= 15 is 0 Å². The van der Waals surface area contributed by atoms with E-state index in [1.54, 1.807) is 30.3 Å². The lowest BCUT2D eigenvalue weighted by Gasteiger charge is -2.03. The Labute approximate surface area is 108 Å². The van der Waals surface area contributed by atoms with E-state index in [0.29, 0.717) is 12.0 Å². The second-order valence-electron chi connectivity index (χ2n) is 3.40. The number of sulfonamides is 1. The van der Waals surface area contributed by atoms with Crippen LogP contribution in [0.2, 0.25) is 0 Å². The lowest BCUT2D eigenvalue weighted by molar-refractivity contribution is 0.111. The Kier molecular flexibility index (Phi) is 3.32. The summed E-state index contributed by atoms with van der Waals surface area (Å²) < 4.78 is 27.2. The lowest BCUT2D eigenvalue weighted by atomic mass is 10.3. The molecule has 0 saturated heterocycles. The molecule has 1 aromatic carbocycles. The van der Waals surface area contributed by atoms with Crippen molar-refractivity contribution in [2.45, 2.75) is 5.03 Å². The van der Waals surface area contributed by atoms with Crippen molar-refractivity contribution < 1.29 is 13.2 Å². The van der Waals surface area contributed by atoms with Gasteiger partial charge >= 0.3 is 0 Å². The maximum absolute atomic E-state index is 11.6. The second kappa shape index (κ2) is 4.92. The van der Waals surface area contributed by atoms with Crippen LogP contribution in [0.25, 0.3) is 16.1 Å². The number of imidazole rings is 1. The van der Waals surface area contributed by atoms with Gasteiger partial charge in [0.1, 0.15) is 12.0 Å². The smallest absolute Gasteiger partial charge is 0.283 e. The van der Waals surface area contributed by atoms with Gasteiger partial charge in [0, 0.05) is 15.1 Å². The van der Waals surface area contributed by atoms with E-state index in [-0.39, 0.29) is 5.69 Å². The van der Waals surface area contributed by atoms with Crippen LogP contribution in [0, 0.1) is 0 Å². The molecule has 2 rings (SSSR count). The number of carbonyl (C=O) groups excluding carboxylic acids is 1. The van der Waals surface area contributed by atoms with Crippen molar-refractivity contribution in [1.82, 2.24) is 9.55 Å². The zero-order chi connectivity index (χ0) is 13.9. The van der Waals surface area contributed by atoms with Crippen molar-refractivity contribution in [3.8, 4) is 5.69 Å². The standard InChI is InChI=1S/C10H7N5O3S/c11-13-14-19(17,18)10-9(6-16)15(7-12-10)8-4-2-1-3-5-8/h1-7H. The number of aromatic nitrogens is 2. The van der Waals surface area contributed by atoms with E-state index in [1.807, 2.05) is 0 Å². The molecule has 0 aliphatic carbocycles. The number of nitrogens with zero attached hydrogens (tertiary/aromatic N) is 5. The summed E-state index contributed by atoms with van der Waals surface area (Å²) >= 11 is 0. The Morgan fingerprint density at radius 2 is 2.00 bits per heavy atom. The SMILES string of the molecule is [N-]=[N+]=NS(=O)(=O)c1ncn(-c2ccccc2)c1C=O. The maximum atomic E-state index is 11.6. The normalized spacial score (nSPS) is 10.7. The number of carbonyl (C=O) groups is 1. The summed E-state index contributed by atoms with van der Waals surface area (Å²) in [4.78, 5) is 16.9. The van der Waals surface area contributed by atoms with E-state index in [0.717, 1.165) is 0 Å². The van der Waals surface area contributed by atoms with E-state index in [2.05, 4.69) is 14.4 Å². The Morgan fingerprint density at radius 1 is 1.32 bits per heavy atom. The fraction of sp³-hybridized carbons (Fsp3) is 0. The van der Waals surface area contributed by atoms with Gasteiger partial charge in [0.05, 0.1) is 0 Å². The molecular weight excluding hydrogens is 270 g/mol. The first-order valence-corrected chi connectivity index (χ1v) is 6.43. The zero-order valence-electron chi connectivity index (χ0n) is 9.41. The topological polar surface area (TPSA) is 118 Å². The number of rotatable bonds is 4. The van der Waals surface area contributed by atoms with Crippen LogP contribution in [0.1, 0.15) is 10.5 Å². The highest BCUT2D eigenvalue weighted by Crippen LogP contribution is 2.18. The average Bonchev–Trinajstić information content (AvgIpc) is 2.84. The van der Waals surface area contributed by atoms with Crippen LogP contribution in [0.15, 0.2) is 46.2 Å². The minimum absolute atomic E-state index is 0.196. The Bertz CT molecular complexity index is 760. The molecule has 8 nitrogen and oxygen atoms in total. The molecule has 0 amide bonds. The summed E-state index contributed by atoms with van der Waals surface area (Å²) in [5.41, 5.74) is 8.58. The zero-order valence-corrected chi connectivity index (χ0v) is 10.2. The van der Waals surface area contributed by atoms with Crippen LogP contribution in [-0.2, 0) is 10.0 Å². The minimum Gasteiger partial charge on any atom is -0.296 e. The van der Waals surface area contributed by atoms with Gasteiger partial charge < -0.3 is 0 Å². The van der Waals surface area contributed by atoms with Crippen LogP contribution in [0.4, 0.5) is 0 Å². The molecule has 0 radical (unpaired) electrons. The van der Waals surface area contributed by atoms with Gasteiger partial charge in [0.2, 0.25) is 0 Å². The van der Waals surface area contributed by atoms with Crippen LogP contribution >= 0.6 is 0 Å². The first kappa shape index (κ1) is 12.8. The first-order valence-electron chi connectivity index (χ1n) is 4.99. The average molecular weight is 277 g/mol. The molecule has 0 fully saturated rings. The molecule has 0 bridgehead atoms. The molecule has 0 atom stereocenters. The first-order chi connectivity index (χ1) is 9.10. The Hall–Kier alpha value is -2.64. The number of para-hydroxylation sites is 1. The molecule has 0 spiro atoms. The number of aldehydes is 1. The number of hydrogen-bond donors (Lipinski definition) is 0. The van der Waals surface area contributed by atoms with Gasteiger partial charge in [-0.3, -0.25) is 9.36 Å². The molecule has 0 N–H and O–H groups in total. The Balaban J connectivity index is 2.67. The van der Waals surface area contributed by atoms with Crippen molar-refractivity contribution in [3.05, 3.63) is 52.8 Å². The van der Waals surface area contributed by atoms with Crippen molar-refractivity contribution >= 4 is 16.3 Å². The molecule has 1 heterocycles. The second-order valence-corrected chi connectivity index (χ2v) is 4.90. The highest BCUT2D eigenvalue weighted by Gasteiger charge is 2.23. The molecule has 0 aliphatic rings.